The molecule has 1 N–H and O–H groups in total. The number of nitrogens with zero attached hydrogens (tertiary/aromatic N) is 5. The molecule has 0 aliphatic carbocycles. The van der Waals surface area contributed by atoms with Gasteiger partial charge in [-0.1, -0.05) is 29.5 Å². The number of rotatable bonds is 6. The van der Waals surface area contributed by atoms with E-state index >= 15 is 0 Å². The van der Waals surface area contributed by atoms with Crippen LogP contribution in [0.5, 0.6) is 0 Å². The second-order valence-corrected chi connectivity index (χ2v) is 8.07. The number of pyridine rings is 1. The summed E-state index contributed by atoms with van der Waals surface area (Å²) in [5.74, 6) is -0.211. The van der Waals surface area contributed by atoms with Gasteiger partial charge in [-0.3, -0.25) is 14.6 Å². The van der Waals surface area contributed by atoms with E-state index in [0.29, 0.717) is 25.1 Å². The van der Waals surface area contributed by atoms with Crippen molar-refractivity contribution in [2.45, 2.75) is 26.2 Å². The molecule has 0 spiro atoms. The molecule has 2 amide bonds. The van der Waals surface area contributed by atoms with Crippen molar-refractivity contribution in [1.29, 1.82) is 0 Å². The smallest absolute Gasteiger partial charge is 0.273 e. The van der Waals surface area contributed by atoms with Gasteiger partial charge in [-0.2, -0.15) is 0 Å². The molecule has 3 heterocycles. The Morgan fingerprint density at radius 2 is 1.88 bits per heavy atom. The van der Waals surface area contributed by atoms with E-state index in [4.69, 9.17) is 0 Å². The third-order valence-electron chi connectivity index (χ3n) is 6.00. The predicted molar refractivity (Wildman–Crippen MR) is 125 cm³/mol. The first-order valence-corrected chi connectivity index (χ1v) is 11.1. The lowest BCUT2D eigenvalue weighted by molar-refractivity contribution is -0.118. The number of benzene rings is 2. The summed E-state index contributed by atoms with van der Waals surface area (Å²) in [6.07, 6.45) is 3.57. The van der Waals surface area contributed by atoms with Crippen LogP contribution in [-0.2, 0) is 11.2 Å². The summed E-state index contributed by atoms with van der Waals surface area (Å²) >= 11 is 0. The van der Waals surface area contributed by atoms with Crippen LogP contribution in [0.15, 0.2) is 60.8 Å². The summed E-state index contributed by atoms with van der Waals surface area (Å²) < 4.78 is 1.66. The SMILES string of the molecule is Cc1c(C(=O)NCCCC(=O)N2CCc3ccccc32)nnn1-c1cccc2ncccc12. The molecule has 0 radical (unpaired) electrons. The van der Waals surface area contributed by atoms with Crippen molar-refractivity contribution in [2.24, 2.45) is 0 Å². The molecule has 0 saturated heterocycles. The Bertz CT molecular complexity index is 1340. The van der Waals surface area contributed by atoms with Crippen molar-refractivity contribution >= 4 is 28.4 Å². The van der Waals surface area contributed by atoms with Gasteiger partial charge >= 0.3 is 0 Å². The van der Waals surface area contributed by atoms with Crippen LogP contribution < -0.4 is 10.2 Å². The molecule has 1 aliphatic rings. The van der Waals surface area contributed by atoms with Crippen molar-refractivity contribution in [3.63, 3.8) is 0 Å². The van der Waals surface area contributed by atoms with Crippen LogP contribution >= 0.6 is 0 Å². The Hall–Kier alpha value is -4.07. The minimum Gasteiger partial charge on any atom is -0.351 e. The van der Waals surface area contributed by atoms with Gasteiger partial charge in [-0.05, 0) is 55.7 Å². The largest absolute Gasteiger partial charge is 0.351 e. The molecule has 4 aromatic rings. The summed E-state index contributed by atoms with van der Waals surface area (Å²) in [7, 11) is 0. The number of anilines is 1. The summed E-state index contributed by atoms with van der Waals surface area (Å²) in [5, 5.41) is 12.1. The number of fused-ring (bicyclic) bond motifs is 2. The Kier molecular flexibility index (Phi) is 5.56. The predicted octanol–water partition coefficient (Wildman–Crippen LogP) is 3.22. The quantitative estimate of drug-likeness (QED) is 0.465. The number of para-hydroxylation sites is 1. The summed E-state index contributed by atoms with van der Waals surface area (Å²) in [6.45, 7) is 2.93. The molecule has 2 aromatic heterocycles. The van der Waals surface area contributed by atoms with Crippen LogP contribution in [-0.4, -0.2) is 44.9 Å². The molecule has 0 fully saturated rings. The minimum absolute atomic E-state index is 0.0842. The average molecular weight is 441 g/mol. The zero-order valence-corrected chi connectivity index (χ0v) is 18.4. The number of hydrogen-bond acceptors (Lipinski definition) is 5. The first-order valence-electron chi connectivity index (χ1n) is 11.1. The van der Waals surface area contributed by atoms with Crippen molar-refractivity contribution in [1.82, 2.24) is 25.3 Å². The fourth-order valence-electron chi connectivity index (χ4n) is 4.30. The fourth-order valence-corrected chi connectivity index (χ4v) is 4.30. The second-order valence-electron chi connectivity index (χ2n) is 8.07. The van der Waals surface area contributed by atoms with Gasteiger partial charge in [0.15, 0.2) is 5.69 Å². The number of hydrogen-bond donors (Lipinski definition) is 1. The molecule has 0 saturated carbocycles. The maximum atomic E-state index is 12.7. The number of carbonyl (C=O) groups excluding carboxylic acids is 2. The van der Waals surface area contributed by atoms with Crippen molar-refractivity contribution in [3.05, 3.63) is 77.7 Å². The molecule has 8 nitrogen and oxygen atoms in total. The number of aromatic nitrogens is 4. The van der Waals surface area contributed by atoms with Crippen molar-refractivity contribution in [2.75, 3.05) is 18.0 Å². The van der Waals surface area contributed by atoms with Gasteiger partial charge in [0.05, 0.1) is 16.9 Å². The van der Waals surface area contributed by atoms with Crippen molar-refractivity contribution in [3.8, 4) is 5.69 Å². The van der Waals surface area contributed by atoms with Gasteiger partial charge < -0.3 is 10.2 Å². The Balaban J connectivity index is 1.20. The molecule has 5 rings (SSSR count). The highest BCUT2D eigenvalue weighted by atomic mass is 16.2. The average Bonchev–Trinajstić information content (AvgIpc) is 3.45. The monoisotopic (exact) mass is 440 g/mol. The van der Waals surface area contributed by atoms with Gasteiger partial charge in [0, 0.05) is 36.8 Å². The molecule has 1 aliphatic heterocycles. The van der Waals surface area contributed by atoms with Crippen LogP contribution in [0, 0.1) is 6.92 Å². The van der Waals surface area contributed by atoms with Crippen LogP contribution in [0.4, 0.5) is 5.69 Å². The highest BCUT2D eigenvalue weighted by Gasteiger charge is 2.24. The highest BCUT2D eigenvalue weighted by Crippen LogP contribution is 2.28. The van der Waals surface area contributed by atoms with Crippen molar-refractivity contribution < 1.29 is 9.59 Å². The molecule has 0 atom stereocenters. The molecule has 33 heavy (non-hydrogen) atoms. The van der Waals surface area contributed by atoms with E-state index in [0.717, 1.165) is 35.2 Å². The zero-order chi connectivity index (χ0) is 22.8. The van der Waals surface area contributed by atoms with E-state index < -0.39 is 0 Å². The maximum Gasteiger partial charge on any atom is 0.273 e. The molecular formula is C25H24N6O2. The first-order chi connectivity index (χ1) is 16.1. The van der Waals surface area contributed by atoms with E-state index in [1.807, 2.05) is 60.4 Å². The molecule has 2 aromatic carbocycles. The Morgan fingerprint density at radius 3 is 2.79 bits per heavy atom. The first kappa shape index (κ1) is 20.8. The van der Waals surface area contributed by atoms with E-state index in [9.17, 15) is 9.59 Å². The Labute approximate surface area is 191 Å². The standard InChI is InChI=1S/C25H24N6O2/c1-17-24(28-29-31(17)22-11-4-9-20-19(22)8-5-14-26-20)25(33)27-15-6-12-23(32)30-16-13-18-7-2-3-10-21(18)30/h2-5,7-11,14H,6,12-13,15-16H2,1H3,(H,27,33). The topological polar surface area (TPSA) is 93.0 Å². The van der Waals surface area contributed by atoms with Crippen LogP contribution in [0.3, 0.4) is 0 Å². The fraction of sp³-hybridized carbons (Fsp3) is 0.240. The van der Waals surface area contributed by atoms with Gasteiger partial charge in [0.25, 0.3) is 5.91 Å². The van der Waals surface area contributed by atoms with E-state index in [1.165, 1.54) is 5.56 Å². The molecule has 166 valence electrons. The lowest BCUT2D eigenvalue weighted by Gasteiger charge is -2.17. The van der Waals surface area contributed by atoms with Gasteiger partial charge in [0.2, 0.25) is 5.91 Å². The molecule has 0 bridgehead atoms. The zero-order valence-electron chi connectivity index (χ0n) is 18.4. The van der Waals surface area contributed by atoms with E-state index in [1.54, 1.807) is 10.9 Å². The third-order valence-corrected chi connectivity index (χ3v) is 6.00. The van der Waals surface area contributed by atoms with Gasteiger partial charge in [0.1, 0.15) is 0 Å². The summed E-state index contributed by atoms with van der Waals surface area (Å²) in [6, 6.07) is 17.6. The minimum atomic E-state index is -0.295. The van der Waals surface area contributed by atoms with Crippen LogP contribution in [0.1, 0.15) is 34.6 Å². The van der Waals surface area contributed by atoms with Gasteiger partial charge in [-0.25, -0.2) is 4.68 Å². The van der Waals surface area contributed by atoms with Gasteiger partial charge in [-0.15, -0.1) is 5.10 Å². The van der Waals surface area contributed by atoms with E-state index in [-0.39, 0.29) is 17.5 Å². The third kappa shape index (κ3) is 3.95. The molecule has 8 heteroatoms. The molecular weight excluding hydrogens is 416 g/mol. The number of nitrogens with one attached hydrogen (secondary N) is 1. The lowest BCUT2D eigenvalue weighted by Crippen LogP contribution is -2.30. The van der Waals surface area contributed by atoms with Crippen LogP contribution in [0.25, 0.3) is 16.6 Å². The molecule has 0 unspecified atom stereocenters. The van der Waals surface area contributed by atoms with Crippen LogP contribution in [0.2, 0.25) is 0 Å². The second kappa shape index (κ2) is 8.82. The normalized spacial score (nSPS) is 12.7. The summed E-state index contributed by atoms with van der Waals surface area (Å²) in [4.78, 5) is 31.5. The summed E-state index contributed by atoms with van der Waals surface area (Å²) in [5.41, 5.74) is 4.80. The van der Waals surface area contributed by atoms with E-state index in [2.05, 4.69) is 26.7 Å². The highest BCUT2D eigenvalue weighted by molar-refractivity contribution is 5.96. The maximum absolute atomic E-state index is 12.7. The number of amides is 2. The number of carbonyl (C=O) groups is 2. The lowest BCUT2D eigenvalue weighted by atomic mass is 10.2. The Morgan fingerprint density at radius 1 is 1.03 bits per heavy atom.